The van der Waals surface area contributed by atoms with Crippen molar-refractivity contribution in [3.8, 4) is 5.75 Å². The molecule has 0 radical (unpaired) electrons. The highest BCUT2D eigenvalue weighted by molar-refractivity contribution is 5.94. The number of nitrogens with zero attached hydrogens (tertiary/aromatic N) is 1. The average Bonchev–Trinajstić information content (AvgIpc) is 3.39. The predicted octanol–water partition coefficient (Wildman–Crippen LogP) is 3.23. The fraction of sp³-hybridized carbons (Fsp3) is 0.350. The number of likely N-dealkylation sites (N-methyl/N-ethyl adjacent to an activating group) is 1. The normalized spacial score (nSPS) is 13.7. The lowest BCUT2D eigenvalue weighted by Crippen LogP contribution is -2.25. The van der Waals surface area contributed by atoms with Crippen molar-refractivity contribution < 1.29 is 13.9 Å². The number of carbonyl (C=O) groups excluding carboxylic acids is 1. The SMILES string of the molecule is CN(CCOc1cccc(F)c1)Cc1ccc(C(=O)NC2CC2)cc1. The maximum atomic E-state index is 13.1. The van der Waals surface area contributed by atoms with Gasteiger partial charge < -0.3 is 10.1 Å². The molecule has 0 heterocycles. The highest BCUT2D eigenvalue weighted by Crippen LogP contribution is 2.19. The van der Waals surface area contributed by atoms with Crippen LogP contribution in [0.15, 0.2) is 48.5 Å². The minimum Gasteiger partial charge on any atom is -0.492 e. The number of ether oxygens (including phenoxy) is 1. The van der Waals surface area contributed by atoms with Crippen molar-refractivity contribution in [2.24, 2.45) is 0 Å². The molecule has 0 unspecified atom stereocenters. The van der Waals surface area contributed by atoms with Crippen molar-refractivity contribution in [3.05, 3.63) is 65.5 Å². The molecule has 0 aromatic heterocycles. The van der Waals surface area contributed by atoms with E-state index >= 15 is 0 Å². The van der Waals surface area contributed by atoms with Crippen LogP contribution >= 0.6 is 0 Å². The summed E-state index contributed by atoms with van der Waals surface area (Å²) in [5, 5.41) is 2.99. The fourth-order valence-electron chi connectivity index (χ4n) is 2.52. The first-order valence-electron chi connectivity index (χ1n) is 8.57. The van der Waals surface area contributed by atoms with Gasteiger partial charge in [-0.1, -0.05) is 18.2 Å². The average molecular weight is 342 g/mol. The largest absolute Gasteiger partial charge is 0.492 e. The molecule has 4 nitrogen and oxygen atoms in total. The number of hydrogen-bond acceptors (Lipinski definition) is 3. The summed E-state index contributed by atoms with van der Waals surface area (Å²) in [6.45, 7) is 1.97. The Hall–Kier alpha value is -2.40. The molecule has 3 rings (SSSR count). The first kappa shape index (κ1) is 17.4. The molecule has 2 aromatic carbocycles. The molecule has 0 saturated heterocycles. The minimum atomic E-state index is -0.295. The van der Waals surface area contributed by atoms with E-state index < -0.39 is 0 Å². The zero-order chi connectivity index (χ0) is 17.6. The van der Waals surface area contributed by atoms with Crippen LogP contribution < -0.4 is 10.1 Å². The van der Waals surface area contributed by atoms with Crippen LogP contribution in [0.3, 0.4) is 0 Å². The van der Waals surface area contributed by atoms with E-state index in [0.717, 1.165) is 31.5 Å². The standard InChI is InChI=1S/C20H23FN2O2/c1-23(11-12-25-19-4-2-3-17(21)13-19)14-15-5-7-16(8-6-15)20(24)22-18-9-10-18/h2-8,13,18H,9-12,14H2,1H3,(H,22,24). The van der Waals surface area contributed by atoms with E-state index in [1.165, 1.54) is 12.1 Å². The molecule has 1 amide bonds. The van der Waals surface area contributed by atoms with Crippen LogP contribution in [-0.2, 0) is 6.54 Å². The maximum Gasteiger partial charge on any atom is 0.251 e. The van der Waals surface area contributed by atoms with Crippen LogP contribution in [-0.4, -0.2) is 37.0 Å². The summed E-state index contributed by atoms with van der Waals surface area (Å²) >= 11 is 0. The molecular formula is C20H23FN2O2. The topological polar surface area (TPSA) is 41.6 Å². The van der Waals surface area contributed by atoms with Crippen molar-refractivity contribution >= 4 is 5.91 Å². The molecule has 0 atom stereocenters. The summed E-state index contributed by atoms with van der Waals surface area (Å²) in [5.74, 6) is 0.252. The van der Waals surface area contributed by atoms with Gasteiger partial charge in [-0.05, 0) is 49.7 Å². The summed E-state index contributed by atoms with van der Waals surface area (Å²) in [5.41, 5.74) is 1.84. The Kier molecular flexibility index (Phi) is 5.66. The van der Waals surface area contributed by atoms with Crippen LogP contribution in [0.5, 0.6) is 5.75 Å². The number of halogens is 1. The van der Waals surface area contributed by atoms with Gasteiger partial charge in [0.1, 0.15) is 18.2 Å². The number of rotatable bonds is 8. The first-order chi connectivity index (χ1) is 12.1. The number of amides is 1. The van der Waals surface area contributed by atoms with Gasteiger partial charge in [-0.15, -0.1) is 0 Å². The first-order valence-corrected chi connectivity index (χ1v) is 8.57. The van der Waals surface area contributed by atoms with Crippen molar-refractivity contribution in [2.75, 3.05) is 20.2 Å². The van der Waals surface area contributed by atoms with E-state index in [0.29, 0.717) is 24.0 Å². The maximum absolute atomic E-state index is 13.1. The second-order valence-electron chi connectivity index (χ2n) is 6.49. The summed E-state index contributed by atoms with van der Waals surface area (Å²) in [4.78, 5) is 14.1. The summed E-state index contributed by atoms with van der Waals surface area (Å²) in [7, 11) is 2.00. The van der Waals surface area contributed by atoms with E-state index in [4.69, 9.17) is 4.74 Å². The summed E-state index contributed by atoms with van der Waals surface area (Å²) in [6.07, 6.45) is 2.18. The highest BCUT2D eigenvalue weighted by atomic mass is 19.1. The van der Waals surface area contributed by atoms with Crippen molar-refractivity contribution in [3.63, 3.8) is 0 Å². The van der Waals surface area contributed by atoms with Gasteiger partial charge in [-0.25, -0.2) is 4.39 Å². The van der Waals surface area contributed by atoms with Crippen LogP contribution in [0.25, 0.3) is 0 Å². The van der Waals surface area contributed by atoms with Crippen molar-refractivity contribution in [1.82, 2.24) is 10.2 Å². The monoisotopic (exact) mass is 342 g/mol. The predicted molar refractivity (Wildman–Crippen MR) is 95.2 cm³/mol. The van der Waals surface area contributed by atoms with Gasteiger partial charge in [0, 0.05) is 30.8 Å². The molecule has 1 fully saturated rings. The molecule has 0 bridgehead atoms. The van der Waals surface area contributed by atoms with Crippen LogP contribution in [0.1, 0.15) is 28.8 Å². The Labute approximate surface area is 147 Å². The Bertz CT molecular complexity index is 714. The van der Waals surface area contributed by atoms with E-state index in [9.17, 15) is 9.18 Å². The number of nitrogens with one attached hydrogen (secondary N) is 1. The Morgan fingerprint density at radius 2 is 2.00 bits per heavy atom. The lowest BCUT2D eigenvalue weighted by Gasteiger charge is -2.17. The van der Waals surface area contributed by atoms with Gasteiger partial charge in [0.2, 0.25) is 0 Å². The molecule has 0 spiro atoms. The minimum absolute atomic E-state index is 0.00546. The van der Waals surface area contributed by atoms with Gasteiger partial charge in [0.05, 0.1) is 0 Å². The van der Waals surface area contributed by atoms with E-state index in [2.05, 4.69) is 10.2 Å². The van der Waals surface area contributed by atoms with Gasteiger partial charge in [-0.3, -0.25) is 9.69 Å². The zero-order valence-electron chi connectivity index (χ0n) is 14.4. The Balaban J connectivity index is 1.42. The molecule has 1 N–H and O–H groups in total. The molecule has 5 heteroatoms. The second kappa shape index (κ2) is 8.12. The molecule has 2 aromatic rings. The molecule has 1 saturated carbocycles. The fourth-order valence-corrected chi connectivity index (χ4v) is 2.52. The third-order valence-electron chi connectivity index (χ3n) is 4.12. The summed E-state index contributed by atoms with van der Waals surface area (Å²) < 4.78 is 18.6. The molecule has 0 aliphatic heterocycles. The van der Waals surface area contributed by atoms with Gasteiger partial charge >= 0.3 is 0 Å². The third-order valence-corrected chi connectivity index (χ3v) is 4.12. The highest BCUT2D eigenvalue weighted by Gasteiger charge is 2.23. The quantitative estimate of drug-likeness (QED) is 0.801. The summed E-state index contributed by atoms with van der Waals surface area (Å²) in [6, 6.07) is 14.2. The number of benzene rings is 2. The van der Waals surface area contributed by atoms with E-state index in [1.807, 2.05) is 31.3 Å². The van der Waals surface area contributed by atoms with Crippen LogP contribution in [0, 0.1) is 5.82 Å². The lowest BCUT2D eigenvalue weighted by atomic mass is 10.1. The second-order valence-corrected chi connectivity index (χ2v) is 6.49. The van der Waals surface area contributed by atoms with Gasteiger partial charge in [-0.2, -0.15) is 0 Å². The van der Waals surface area contributed by atoms with Gasteiger partial charge in [0.15, 0.2) is 0 Å². The van der Waals surface area contributed by atoms with Gasteiger partial charge in [0.25, 0.3) is 5.91 Å². The van der Waals surface area contributed by atoms with E-state index in [-0.39, 0.29) is 11.7 Å². The lowest BCUT2D eigenvalue weighted by molar-refractivity contribution is 0.0951. The van der Waals surface area contributed by atoms with Crippen molar-refractivity contribution in [1.29, 1.82) is 0 Å². The molecule has 25 heavy (non-hydrogen) atoms. The smallest absolute Gasteiger partial charge is 0.251 e. The molecule has 132 valence electrons. The molecule has 1 aliphatic carbocycles. The Morgan fingerprint density at radius 1 is 1.24 bits per heavy atom. The molecule has 1 aliphatic rings. The molecular weight excluding hydrogens is 319 g/mol. The van der Waals surface area contributed by atoms with Crippen LogP contribution in [0.4, 0.5) is 4.39 Å². The van der Waals surface area contributed by atoms with E-state index in [1.54, 1.807) is 12.1 Å². The zero-order valence-corrected chi connectivity index (χ0v) is 14.4. The van der Waals surface area contributed by atoms with Crippen molar-refractivity contribution in [2.45, 2.75) is 25.4 Å². The van der Waals surface area contributed by atoms with Crippen LogP contribution in [0.2, 0.25) is 0 Å². The third kappa shape index (κ3) is 5.57. The number of hydrogen-bond donors (Lipinski definition) is 1. The number of carbonyl (C=O) groups is 1. The Morgan fingerprint density at radius 3 is 2.68 bits per heavy atom.